The SMILES string of the molecule is CCn1cc(-c2ccc(C[C@@H](CCO)NC(=O)c3ccc(OC(C)C)c(Cl)c3)cc2)nc1[C@H](NC(C)=O)C(C)C. The number of carbonyl (C=O) groups excluding carboxylic acids is 2. The summed E-state index contributed by atoms with van der Waals surface area (Å²) in [5, 5.41) is 16.0. The van der Waals surface area contributed by atoms with Crippen LogP contribution in [0.3, 0.4) is 0 Å². The summed E-state index contributed by atoms with van der Waals surface area (Å²) < 4.78 is 7.73. The minimum Gasteiger partial charge on any atom is -0.489 e. The Morgan fingerprint density at radius 2 is 1.77 bits per heavy atom. The Morgan fingerprint density at radius 1 is 1.07 bits per heavy atom. The van der Waals surface area contributed by atoms with Crippen LogP contribution in [0.2, 0.25) is 5.02 Å². The van der Waals surface area contributed by atoms with Gasteiger partial charge >= 0.3 is 0 Å². The van der Waals surface area contributed by atoms with Crippen LogP contribution in [-0.4, -0.2) is 45.2 Å². The smallest absolute Gasteiger partial charge is 0.251 e. The quantitative estimate of drug-likeness (QED) is 0.250. The molecule has 3 aromatic rings. The molecule has 0 aliphatic carbocycles. The molecule has 9 heteroatoms. The lowest BCUT2D eigenvalue weighted by Gasteiger charge is -2.21. The first-order valence-electron chi connectivity index (χ1n) is 13.8. The largest absolute Gasteiger partial charge is 0.489 e. The topological polar surface area (TPSA) is 105 Å². The Hall–Kier alpha value is -3.36. The zero-order valence-corrected chi connectivity index (χ0v) is 25.0. The zero-order valence-electron chi connectivity index (χ0n) is 24.2. The van der Waals surface area contributed by atoms with Gasteiger partial charge in [-0.05, 0) is 63.3 Å². The minimum absolute atomic E-state index is 0.0254. The predicted octanol–water partition coefficient (Wildman–Crippen LogP) is 5.57. The fourth-order valence-corrected chi connectivity index (χ4v) is 4.78. The third kappa shape index (κ3) is 8.32. The maximum atomic E-state index is 12.9. The predicted molar refractivity (Wildman–Crippen MR) is 159 cm³/mol. The van der Waals surface area contributed by atoms with E-state index in [1.807, 2.05) is 44.3 Å². The molecule has 3 rings (SSSR count). The van der Waals surface area contributed by atoms with E-state index < -0.39 is 0 Å². The second-order valence-electron chi connectivity index (χ2n) is 10.6. The van der Waals surface area contributed by atoms with Crippen LogP contribution < -0.4 is 15.4 Å². The molecule has 0 bridgehead atoms. The van der Waals surface area contributed by atoms with E-state index in [2.05, 4.69) is 36.0 Å². The molecule has 0 saturated carbocycles. The lowest BCUT2D eigenvalue weighted by molar-refractivity contribution is -0.120. The molecule has 0 radical (unpaired) electrons. The molecule has 0 aliphatic heterocycles. The first-order valence-corrected chi connectivity index (χ1v) is 14.2. The highest BCUT2D eigenvalue weighted by atomic mass is 35.5. The molecule has 1 aromatic heterocycles. The number of aliphatic hydroxyl groups excluding tert-OH is 1. The van der Waals surface area contributed by atoms with Crippen molar-refractivity contribution < 1.29 is 19.4 Å². The first-order chi connectivity index (χ1) is 19.0. The summed E-state index contributed by atoms with van der Waals surface area (Å²) in [5.41, 5.74) is 3.25. The van der Waals surface area contributed by atoms with Crippen molar-refractivity contribution in [2.24, 2.45) is 5.92 Å². The standard InChI is InChI=1S/C31H41ClN4O4/c1-7-36-18-27(35-30(36)29(19(2)3)33-21(6)38)23-10-8-22(9-11-23)16-25(14-15-37)34-31(39)24-12-13-28(26(32)17-24)40-20(4)5/h8-13,17-20,25,29,37H,7,14-16H2,1-6H3,(H,33,38)(H,34,39)/t25-,29-/m1/s1. The molecule has 0 spiro atoms. The number of nitrogens with one attached hydrogen (secondary N) is 2. The number of nitrogens with zero attached hydrogens (tertiary/aromatic N) is 2. The van der Waals surface area contributed by atoms with E-state index in [0.717, 1.165) is 29.2 Å². The summed E-state index contributed by atoms with van der Waals surface area (Å²) in [6.07, 6.45) is 2.96. The van der Waals surface area contributed by atoms with E-state index in [1.54, 1.807) is 18.2 Å². The molecule has 0 fully saturated rings. The summed E-state index contributed by atoms with van der Waals surface area (Å²) in [6.45, 7) is 12.2. The summed E-state index contributed by atoms with van der Waals surface area (Å²) in [6, 6.07) is 12.6. The van der Waals surface area contributed by atoms with E-state index in [-0.39, 0.29) is 42.5 Å². The van der Waals surface area contributed by atoms with Gasteiger partial charge in [0.2, 0.25) is 5.91 Å². The minimum atomic E-state index is -0.260. The van der Waals surface area contributed by atoms with E-state index >= 15 is 0 Å². The number of carbonyl (C=O) groups is 2. The van der Waals surface area contributed by atoms with Crippen molar-refractivity contribution in [1.82, 2.24) is 20.2 Å². The molecule has 2 aromatic carbocycles. The van der Waals surface area contributed by atoms with Crippen molar-refractivity contribution in [3.8, 4) is 17.0 Å². The second kappa shape index (κ2) is 14.3. The van der Waals surface area contributed by atoms with E-state index in [1.165, 1.54) is 6.92 Å². The average molecular weight is 569 g/mol. The summed E-state index contributed by atoms with van der Waals surface area (Å²) in [4.78, 5) is 29.6. The normalized spacial score (nSPS) is 12.8. The van der Waals surface area contributed by atoms with Crippen molar-refractivity contribution in [1.29, 1.82) is 0 Å². The van der Waals surface area contributed by atoms with Gasteiger partial charge in [0, 0.05) is 43.4 Å². The Labute approximate surface area is 242 Å². The van der Waals surface area contributed by atoms with E-state index in [4.69, 9.17) is 21.3 Å². The Balaban J connectivity index is 1.73. The van der Waals surface area contributed by atoms with Gasteiger partial charge in [0.1, 0.15) is 11.6 Å². The number of halogens is 1. The molecule has 2 amide bonds. The van der Waals surface area contributed by atoms with Crippen LogP contribution in [0.4, 0.5) is 0 Å². The number of aliphatic hydroxyl groups is 1. The number of hydrogen-bond acceptors (Lipinski definition) is 5. The van der Waals surface area contributed by atoms with Crippen LogP contribution in [0.15, 0.2) is 48.7 Å². The van der Waals surface area contributed by atoms with Gasteiger partial charge in [-0.3, -0.25) is 9.59 Å². The molecule has 8 nitrogen and oxygen atoms in total. The van der Waals surface area contributed by atoms with Crippen LogP contribution in [0.1, 0.15) is 75.8 Å². The Kier molecular flexibility index (Phi) is 11.2. The number of ether oxygens (including phenoxy) is 1. The maximum absolute atomic E-state index is 12.9. The van der Waals surface area contributed by atoms with Gasteiger partial charge < -0.3 is 25.0 Å². The molecule has 216 valence electrons. The highest BCUT2D eigenvalue weighted by molar-refractivity contribution is 6.32. The monoisotopic (exact) mass is 568 g/mol. The molecule has 0 aliphatic rings. The molecular formula is C31H41ClN4O4. The molecule has 1 heterocycles. The fourth-order valence-electron chi connectivity index (χ4n) is 4.56. The van der Waals surface area contributed by atoms with Crippen molar-refractivity contribution in [2.45, 2.75) is 79.1 Å². The van der Waals surface area contributed by atoms with Gasteiger partial charge in [0.15, 0.2) is 0 Å². The van der Waals surface area contributed by atoms with E-state index in [9.17, 15) is 14.7 Å². The number of imidazole rings is 1. The third-order valence-corrected chi connectivity index (χ3v) is 6.85. The van der Waals surface area contributed by atoms with Gasteiger partial charge in [-0.2, -0.15) is 0 Å². The summed E-state index contributed by atoms with van der Waals surface area (Å²) >= 11 is 6.32. The molecular weight excluding hydrogens is 528 g/mol. The fraction of sp³-hybridized carbons (Fsp3) is 0.452. The van der Waals surface area contributed by atoms with Crippen LogP contribution in [-0.2, 0) is 17.8 Å². The second-order valence-corrected chi connectivity index (χ2v) is 11.0. The Morgan fingerprint density at radius 3 is 2.33 bits per heavy atom. The van der Waals surface area contributed by atoms with Gasteiger partial charge in [0.05, 0.1) is 22.9 Å². The maximum Gasteiger partial charge on any atom is 0.251 e. The van der Waals surface area contributed by atoms with Crippen molar-refractivity contribution in [3.05, 3.63) is 70.6 Å². The summed E-state index contributed by atoms with van der Waals surface area (Å²) in [5.74, 6) is 1.21. The highest BCUT2D eigenvalue weighted by Gasteiger charge is 2.23. The van der Waals surface area contributed by atoms with Gasteiger partial charge in [0.25, 0.3) is 5.91 Å². The van der Waals surface area contributed by atoms with Gasteiger partial charge in [-0.15, -0.1) is 0 Å². The number of rotatable bonds is 13. The van der Waals surface area contributed by atoms with Crippen LogP contribution >= 0.6 is 11.6 Å². The number of benzene rings is 2. The number of amides is 2. The molecule has 40 heavy (non-hydrogen) atoms. The molecule has 3 N–H and O–H groups in total. The number of aryl methyl sites for hydroxylation is 1. The van der Waals surface area contributed by atoms with Gasteiger partial charge in [-0.25, -0.2) is 4.98 Å². The number of hydrogen-bond donors (Lipinski definition) is 3. The molecule has 0 unspecified atom stereocenters. The lowest BCUT2D eigenvalue weighted by Crippen LogP contribution is -2.37. The van der Waals surface area contributed by atoms with Crippen LogP contribution in [0.5, 0.6) is 5.75 Å². The van der Waals surface area contributed by atoms with Crippen LogP contribution in [0, 0.1) is 5.92 Å². The van der Waals surface area contributed by atoms with Crippen LogP contribution in [0.25, 0.3) is 11.3 Å². The van der Waals surface area contributed by atoms with Crippen molar-refractivity contribution in [2.75, 3.05) is 6.61 Å². The van der Waals surface area contributed by atoms with Crippen molar-refractivity contribution in [3.63, 3.8) is 0 Å². The summed E-state index contributed by atoms with van der Waals surface area (Å²) in [7, 11) is 0. The first kappa shape index (κ1) is 31.2. The third-order valence-electron chi connectivity index (χ3n) is 6.55. The zero-order chi connectivity index (χ0) is 29.4. The van der Waals surface area contributed by atoms with Gasteiger partial charge in [-0.1, -0.05) is 49.7 Å². The average Bonchev–Trinajstić information content (AvgIpc) is 3.32. The molecule has 0 saturated heterocycles. The number of aromatic nitrogens is 2. The van der Waals surface area contributed by atoms with E-state index in [0.29, 0.717) is 29.2 Å². The Bertz CT molecular complexity index is 1290. The molecule has 2 atom stereocenters. The van der Waals surface area contributed by atoms with Crippen molar-refractivity contribution >= 4 is 23.4 Å². The lowest BCUT2D eigenvalue weighted by atomic mass is 10.0. The highest BCUT2D eigenvalue weighted by Crippen LogP contribution is 2.28.